The molecule has 1 heterocycles. The fourth-order valence-electron chi connectivity index (χ4n) is 1.96. The minimum absolute atomic E-state index is 0.793. The van der Waals surface area contributed by atoms with Crippen molar-refractivity contribution in [1.29, 1.82) is 0 Å². The third-order valence-corrected chi connectivity index (χ3v) is 3.83. The molecular formula is C12H14BrClN2O. The lowest BCUT2D eigenvalue weighted by Gasteiger charge is -2.27. The Morgan fingerprint density at radius 2 is 2.06 bits per heavy atom. The zero-order chi connectivity index (χ0) is 12.3. The summed E-state index contributed by atoms with van der Waals surface area (Å²) in [7, 11) is 0. The molecule has 0 saturated carbocycles. The first-order valence-corrected chi connectivity index (χ1v) is 6.72. The van der Waals surface area contributed by atoms with E-state index in [4.69, 9.17) is 16.8 Å². The largest absolute Gasteiger partial charge is 0.411 e. The van der Waals surface area contributed by atoms with Gasteiger partial charge in [-0.2, -0.15) is 0 Å². The van der Waals surface area contributed by atoms with E-state index in [9.17, 15) is 0 Å². The van der Waals surface area contributed by atoms with Crippen molar-refractivity contribution in [1.82, 2.24) is 4.90 Å². The first kappa shape index (κ1) is 12.9. The normalized spacial score (nSPS) is 17.2. The molecule has 5 heteroatoms. The van der Waals surface area contributed by atoms with Gasteiger partial charge in [-0.05, 0) is 17.7 Å². The molecule has 0 unspecified atom stereocenters. The summed E-state index contributed by atoms with van der Waals surface area (Å²) in [5, 5.41) is 12.8. The molecule has 0 bridgehead atoms. The number of piperidine rings is 1. The third kappa shape index (κ3) is 3.44. The molecule has 17 heavy (non-hydrogen) atoms. The smallest absolute Gasteiger partial charge is 0.0596 e. The van der Waals surface area contributed by atoms with Crippen molar-refractivity contribution in [3.8, 4) is 0 Å². The van der Waals surface area contributed by atoms with Crippen molar-refractivity contribution in [2.24, 2.45) is 5.16 Å². The first-order valence-electron chi connectivity index (χ1n) is 5.55. The molecule has 3 nitrogen and oxygen atoms in total. The number of hydrogen-bond donors (Lipinski definition) is 1. The minimum Gasteiger partial charge on any atom is -0.411 e. The van der Waals surface area contributed by atoms with Crippen LogP contribution in [-0.4, -0.2) is 28.9 Å². The molecule has 1 aliphatic rings. The minimum atomic E-state index is 0.793. The van der Waals surface area contributed by atoms with E-state index in [2.05, 4.69) is 26.0 Å². The third-order valence-electron chi connectivity index (χ3n) is 2.98. The summed E-state index contributed by atoms with van der Waals surface area (Å²) in [6.07, 6.45) is 1.68. The molecule has 1 aliphatic heterocycles. The Morgan fingerprint density at radius 1 is 1.35 bits per heavy atom. The fourth-order valence-corrected chi connectivity index (χ4v) is 2.69. The number of benzene rings is 1. The molecule has 0 amide bonds. The second-order valence-corrected chi connectivity index (χ2v) is 5.50. The highest BCUT2D eigenvalue weighted by atomic mass is 79.9. The summed E-state index contributed by atoms with van der Waals surface area (Å²) in [4.78, 5) is 2.32. The predicted molar refractivity (Wildman–Crippen MR) is 72.9 cm³/mol. The van der Waals surface area contributed by atoms with E-state index in [0.717, 1.165) is 53.2 Å². The van der Waals surface area contributed by atoms with Gasteiger partial charge < -0.3 is 5.21 Å². The highest BCUT2D eigenvalue weighted by molar-refractivity contribution is 9.10. The second-order valence-electron chi connectivity index (χ2n) is 4.18. The summed E-state index contributed by atoms with van der Waals surface area (Å²) in [5.41, 5.74) is 2.03. The zero-order valence-electron chi connectivity index (χ0n) is 9.37. The number of nitrogens with zero attached hydrogens (tertiary/aromatic N) is 2. The van der Waals surface area contributed by atoms with Crippen LogP contribution in [0.2, 0.25) is 5.02 Å². The second kappa shape index (κ2) is 5.85. The van der Waals surface area contributed by atoms with Crippen LogP contribution in [0.4, 0.5) is 0 Å². The summed E-state index contributed by atoms with van der Waals surface area (Å²) in [5.74, 6) is 0. The van der Waals surface area contributed by atoms with Crippen LogP contribution in [0.15, 0.2) is 27.8 Å². The standard InChI is InChI=1S/C12H14BrClN2O/c13-10-2-1-9(12(14)7-10)8-16-5-3-11(15-17)4-6-16/h1-2,7,17H,3-6,8H2. The molecule has 1 fully saturated rings. The first-order chi connectivity index (χ1) is 8.19. The topological polar surface area (TPSA) is 35.8 Å². The quantitative estimate of drug-likeness (QED) is 0.669. The maximum Gasteiger partial charge on any atom is 0.0596 e. The van der Waals surface area contributed by atoms with E-state index in [1.807, 2.05) is 18.2 Å². The van der Waals surface area contributed by atoms with Crippen LogP contribution >= 0.6 is 27.5 Å². The van der Waals surface area contributed by atoms with Gasteiger partial charge in [-0.3, -0.25) is 4.90 Å². The predicted octanol–water partition coefficient (Wildman–Crippen LogP) is 3.53. The van der Waals surface area contributed by atoms with Crippen LogP contribution in [0.25, 0.3) is 0 Å². The summed E-state index contributed by atoms with van der Waals surface area (Å²) in [6.45, 7) is 2.70. The molecule has 1 aromatic rings. The van der Waals surface area contributed by atoms with Gasteiger partial charge in [0, 0.05) is 42.0 Å². The number of likely N-dealkylation sites (tertiary alicyclic amines) is 1. The van der Waals surface area contributed by atoms with E-state index < -0.39 is 0 Å². The van der Waals surface area contributed by atoms with Crippen molar-refractivity contribution in [3.05, 3.63) is 33.3 Å². The Balaban J connectivity index is 1.98. The summed E-state index contributed by atoms with van der Waals surface area (Å²) < 4.78 is 1.000. The van der Waals surface area contributed by atoms with Crippen molar-refractivity contribution in [3.63, 3.8) is 0 Å². The molecule has 1 N–H and O–H groups in total. The van der Waals surface area contributed by atoms with Crippen LogP contribution in [0.3, 0.4) is 0 Å². The van der Waals surface area contributed by atoms with Crippen molar-refractivity contribution < 1.29 is 5.21 Å². The molecule has 0 spiro atoms. The lowest BCUT2D eigenvalue weighted by Crippen LogP contribution is -2.33. The average molecular weight is 318 g/mol. The molecule has 1 saturated heterocycles. The highest BCUT2D eigenvalue weighted by Crippen LogP contribution is 2.23. The van der Waals surface area contributed by atoms with E-state index >= 15 is 0 Å². The van der Waals surface area contributed by atoms with E-state index in [0.29, 0.717) is 0 Å². The van der Waals surface area contributed by atoms with Gasteiger partial charge in [0.1, 0.15) is 0 Å². The average Bonchev–Trinajstić information content (AvgIpc) is 2.34. The highest BCUT2D eigenvalue weighted by Gasteiger charge is 2.16. The Kier molecular flexibility index (Phi) is 4.42. The summed E-state index contributed by atoms with van der Waals surface area (Å²) >= 11 is 9.58. The summed E-state index contributed by atoms with van der Waals surface area (Å²) in [6, 6.07) is 5.97. The van der Waals surface area contributed by atoms with Crippen molar-refractivity contribution in [2.45, 2.75) is 19.4 Å². The SMILES string of the molecule is ON=C1CCN(Cc2ccc(Br)cc2Cl)CC1. The van der Waals surface area contributed by atoms with Crippen LogP contribution in [0.5, 0.6) is 0 Å². The molecule has 0 radical (unpaired) electrons. The van der Waals surface area contributed by atoms with Crippen molar-refractivity contribution in [2.75, 3.05) is 13.1 Å². The van der Waals surface area contributed by atoms with E-state index in [1.165, 1.54) is 0 Å². The van der Waals surface area contributed by atoms with E-state index in [1.54, 1.807) is 0 Å². The Bertz CT molecular complexity index is 427. The molecule has 2 rings (SSSR count). The molecule has 0 aromatic heterocycles. The lowest BCUT2D eigenvalue weighted by atomic mass is 10.1. The van der Waals surface area contributed by atoms with Gasteiger partial charge in [0.25, 0.3) is 0 Å². The number of hydrogen-bond acceptors (Lipinski definition) is 3. The lowest BCUT2D eigenvalue weighted by molar-refractivity contribution is 0.256. The van der Waals surface area contributed by atoms with Gasteiger partial charge in [0.15, 0.2) is 0 Å². The van der Waals surface area contributed by atoms with Crippen molar-refractivity contribution >= 4 is 33.2 Å². The molecule has 0 aliphatic carbocycles. The number of oxime groups is 1. The van der Waals surface area contributed by atoms with Crippen LogP contribution in [0, 0.1) is 0 Å². The van der Waals surface area contributed by atoms with Gasteiger partial charge in [-0.15, -0.1) is 0 Å². The van der Waals surface area contributed by atoms with Gasteiger partial charge in [-0.25, -0.2) is 0 Å². The number of halogens is 2. The zero-order valence-corrected chi connectivity index (χ0v) is 11.7. The monoisotopic (exact) mass is 316 g/mol. The van der Waals surface area contributed by atoms with Gasteiger partial charge in [0.05, 0.1) is 5.71 Å². The molecular weight excluding hydrogens is 304 g/mol. The van der Waals surface area contributed by atoms with Gasteiger partial charge in [-0.1, -0.05) is 38.8 Å². The molecule has 0 atom stereocenters. The van der Waals surface area contributed by atoms with Crippen LogP contribution in [-0.2, 0) is 6.54 Å². The maximum absolute atomic E-state index is 8.68. The van der Waals surface area contributed by atoms with Crippen LogP contribution in [0.1, 0.15) is 18.4 Å². The fraction of sp³-hybridized carbons (Fsp3) is 0.417. The van der Waals surface area contributed by atoms with E-state index in [-0.39, 0.29) is 0 Å². The number of rotatable bonds is 2. The van der Waals surface area contributed by atoms with Crippen LogP contribution < -0.4 is 0 Å². The Labute approximate surface area is 114 Å². The Hall–Kier alpha value is -0.580. The molecule has 1 aromatic carbocycles. The Morgan fingerprint density at radius 3 is 2.65 bits per heavy atom. The van der Waals surface area contributed by atoms with Gasteiger partial charge in [0.2, 0.25) is 0 Å². The molecule has 92 valence electrons. The maximum atomic E-state index is 8.68. The van der Waals surface area contributed by atoms with Gasteiger partial charge >= 0.3 is 0 Å².